The molecule has 0 saturated carbocycles. The lowest BCUT2D eigenvalue weighted by atomic mass is 10.1. The van der Waals surface area contributed by atoms with Gasteiger partial charge in [0.05, 0.1) is 12.2 Å². The number of carbonyl (C=O) groups is 4. The van der Waals surface area contributed by atoms with Crippen LogP contribution in [-0.4, -0.2) is 41.7 Å². The molecule has 0 N–H and O–H groups in total. The van der Waals surface area contributed by atoms with Crippen LogP contribution in [0.1, 0.15) is 32.9 Å². The minimum atomic E-state index is -0.652. The van der Waals surface area contributed by atoms with Crippen molar-refractivity contribution in [2.24, 2.45) is 5.92 Å². The fraction of sp³-hybridized carbons (Fsp3) is 0.200. The number of amides is 1. The zero-order chi connectivity index (χ0) is 23.2. The highest BCUT2D eigenvalue weighted by molar-refractivity contribution is 5.98. The van der Waals surface area contributed by atoms with Crippen molar-refractivity contribution in [2.75, 3.05) is 13.2 Å². The lowest BCUT2D eigenvalue weighted by Crippen LogP contribution is -2.27. The van der Waals surface area contributed by atoms with E-state index in [0.717, 1.165) is 5.56 Å². The van der Waals surface area contributed by atoms with E-state index >= 15 is 0 Å². The molecule has 1 atom stereocenters. The van der Waals surface area contributed by atoms with Crippen molar-refractivity contribution in [2.45, 2.75) is 13.0 Å². The lowest BCUT2D eigenvalue weighted by molar-refractivity contribution is -0.147. The Morgan fingerprint density at radius 3 is 2.42 bits per heavy atom. The number of Topliss-reactive ketones (excluding diaryl/α,β-unsaturated/α-hetero) is 1. The topological polar surface area (TPSA) is 103 Å². The summed E-state index contributed by atoms with van der Waals surface area (Å²) in [5.74, 6) is -2.04. The molecule has 3 aromatic rings. The summed E-state index contributed by atoms with van der Waals surface area (Å²) in [6.07, 6.45) is 1.43. The number of likely N-dealkylation sites (tertiary alicyclic amines) is 1. The number of esters is 2. The molecule has 2 heterocycles. The largest absolute Gasteiger partial charge is 0.457 e. The van der Waals surface area contributed by atoms with Crippen LogP contribution in [0, 0.1) is 5.92 Å². The first-order valence-electron chi connectivity index (χ1n) is 10.4. The van der Waals surface area contributed by atoms with Crippen molar-refractivity contribution in [3.8, 4) is 5.75 Å². The van der Waals surface area contributed by atoms with Crippen molar-refractivity contribution < 1.29 is 33.1 Å². The molecule has 1 aliphatic rings. The molecule has 1 saturated heterocycles. The second kappa shape index (κ2) is 9.95. The van der Waals surface area contributed by atoms with Crippen LogP contribution in [0.25, 0.3) is 0 Å². The third-order valence-electron chi connectivity index (χ3n) is 5.22. The average Bonchev–Trinajstić information content (AvgIpc) is 3.49. The average molecular weight is 447 g/mol. The number of ketones is 1. The summed E-state index contributed by atoms with van der Waals surface area (Å²) >= 11 is 0. The zero-order valence-electron chi connectivity index (χ0n) is 17.6. The van der Waals surface area contributed by atoms with Crippen LogP contribution in [0.4, 0.5) is 0 Å². The highest BCUT2D eigenvalue weighted by Crippen LogP contribution is 2.22. The van der Waals surface area contributed by atoms with E-state index in [-0.39, 0.29) is 30.4 Å². The summed E-state index contributed by atoms with van der Waals surface area (Å²) in [5, 5.41) is 0. The molecule has 1 fully saturated rings. The van der Waals surface area contributed by atoms with E-state index in [1.165, 1.54) is 36.6 Å². The predicted molar refractivity (Wildman–Crippen MR) is 115 cm³/mol. The number of furan rings is 1. The number of hydrogen-bond acceptors (Lipinski definition) is 7. The molecule has 1 aliphatic heterocycles. The number of nitrogens with zero attached hydrogens (tertiary/aromatic N) is 1. The fourth-order valence-electron chi connectivity index (χ4n) is 3.49. The molecule has 2 aromatic carbocycles. The summed E-state index contributed by atoms with van der Waals surface area (Å²) in [6.45, 7) is 0.253. The Bertz CT molecular complexity index is 1140. The van der Waals surface area contributed by atoms with Crippen molar-refractivity contribution in [1.29, 1.82) is 0 Å². The van der Waals surface area contributed by atoms with Gasteiger partial charge in [0.2, 0.25) is 11.7 Å². The Hall–Kier alpha value is -4.20. The van der Waals surface area contributed by atoms with Crippen molar-refractivity contribution >= 4 is 23.6 Å². The van der Waals surface area contributed by atoms with Crippen LogP contribution >= 0.6 is 0 Å². The van der Waals surface area contributed by atoms with E-state index in [2.05, 4.69) is 0 Å². The molecule has 8 nitrogen and oxygen atoms in total. The molecule has 0 unspecified atom stereocenters. The Morgan fingerprint density at radius 1 is 0.970 bits per heavy atom. The molecule has 4 rings (SSSR count). The standard InChI is InChI=1S/C25H21NO7/c27-21(18-8-10-20(11-9-18)33-25(30)22-7-4-12-31-22)16-32-24(29)19-13-23(28)26(15-19)14-17-5-2-1-3-6-17/h1-12,19H,13-16H2/t19-/m0/s1. The zero-order valence-corrected chi connectivity index (χ0v) is 17.6. The van der Waals surface area contributed by atoms with Gasteiger partial charge in [0.25, 0.3) is 0 Å². The van der Waals surface area contributed by atoms with Crippen LogP contribution in [0.5, 0.6) is 5.75 Å². The molecular formula is C25H21NO7. The van der Waals surface area contributed by atoms with Gasteiger partial charge in [-0.3, -0.25) is 14.4 Å². The second-order valence-electron chi connectivity index (χ2n) is 7.58. The summed E-state index contributed by atoms with van der Waals surface area (Å²) in [7, 11) is 0. The number of ether oxygens (including phenoxy) is 2. The lowest BCUT2D eigenvalue weighted by Gasteiger charge is -2.16. The van der Waals surface area contributed by atoms with E-state index in [1.54, 1.807) is 11.0 Å². The maximum atomic E-state index is 12.4. The monoisotopic (exact) mass is 447 g/mol. The van der Waals surface area contributed by atoms with Gasteiger partial charge in [-0.1, -0.05) is 30.3 Å². The van der Waals surface area contributed by atoms with Gasteiger partial charge in [0.15, 0.2) is 12.4 Å². The SMILES string of the molecule is O=C(COC(=O)[C@H]1CC(=O)N(Cc2ccccc2)C1)c1ccc(OC(=O)c2ccco2)cc1. The smallest absolute Gasteiger partial charge is 0.379 e. The number of benzene rings is 2. The molecule has 1 amide bonds. The summed E-state index contributed by atoms with van der Waals surface area (Å²) in [6, 6.07) is 18.4. The first kappa shape index (κ1) is 22.0. The van der Waals surface area contributed by atoms with Crippen molar-refractivity contribution in [3.05, 3.63) is 89.9 Å². The van der Waals surface area contributed by atoms with Crippen molar-refractivity contribution in [3.63, 3.8) is 0 Å². The van der Waals surface area contributed by atoms with Crippen LogP contribution < -0.4 is 4.74 Å². The highest BCUT2D eigenvalue weighted by Gasteiger charge is 2.35. The van der Waals surface area contributed by atoms with Crippen LogP contribution in [0.3, 0.4) is 0 Å². The minimum Gasteiger partial charge on any atom is -0.457 e. The third-order valence-corrected chi connectivity index (χ3v) is 5.22. The molecule has 33 heavy (non-hydrogen) atoms. The first-order valence-corrected chi connectivity index (χ1v) is 10.4. The third kappa shape index (κ3) is 5.54. The maximum Gasteiger partial charge on any atom is 0.379 e. The summed E-state index contributed by atoms with van der Waals surface area (Å²) in [4.78, 5) is 50.5. The highest BCUT2D eigenvalue weighted by atomic mass is 16.5. The van der Waals surface area contributed by atoms with Crippen molar-refractivity contribution in [1.82, 2.24) is 4.90 Å². The Labute approximate surface area is 189 Å². The van der Waals surface area contributed by atoms with Crippen LogP contribution in [0.15, 0.2) is 77.4 Å². The molecular weight excluding hydrogens is 426 g/mol. The van der Waals surface area contributed by atoms with Gasteiger partial charge >= 0.3 is 11.9 Å². The van der Waals surface area contributed by atoms with Crippen LogP contribution in [-0.2, 0) is 20.9 Å². The Morgan fingerprint density at radius 2 is 1.73 bits per heavy atom. The number of carbonyl (C=O) groups excluding carboxylic acids is 4. The molecule has 0 bridgehead atoms. The quantitative estimate of drug-likeness (QED) is 0.297. The molecule has 0 radical (unpaired) electrons. The van der Waals surface area contributed by atoms with Gasteiger partial charge in [0, 0.05) is 25.1 Å². The van der Waals surface area contributed by atoms with Gasteiger partial charge in [-0.05, 0) is 42.0 Å². The van der Waals surface area contributed by atoms with Gasteiger partial charge in [0.1, 0.15) is 5.75 Å². The van der Waals surface area contributed by atoms with E-state index in [1.807, 2.05) is 30.3 Å². The van der Waals surface area contributed by atoms with Gasteiger partial charge < -0.3 is 18.8 Å². The number of hydrogen-bond donors (Lipinski definition) is 0. The van der Waals surface area contributed by atoms with Gasteiger partial charge in [-0.2, -0.15) is 0 Å². The number of rotatable bonds is 8. The fourth-order valence-corrected chi connectivity index (χ4v) is 3.49. The van der Waals surface area contributed by atoms with Crippen LogP contribution in [0.2, 0.25) is 0 Å². The molecule has 8 heteroatoms. The minimum absolute atomic E-state index is 0.0646. The molecule has 0 spiro atoms. The van der Waals surface area contributed by atoms with Gasteiger partial charge in [-0.15, -0.1) is 0 Å². The van der Waals surface area contributed by atoms with E-state index in [9.17, 15) is 19.2 Å². The summed E-state index contributed by atoms with van der Waals surface area (Å²) < 4.78 is 15.3. The molecule has 0 aliphatic carbocycles. The second-order valence-corrected chi connectivity index (χ2v) is 7.58. The van der Waals surface area contributed by atoms with E-state index in [4.69, 9.17) is 13.9 Å². The predicted octanol–water partition coefficient (Wildman–Crippen LogP) is 3.27. The van der Waals surface area contributed by atoms with Gasteiger partial charge in [-0.25, -0.2) is 4.79 Å². The Kier molecular flexibility index (Phi) is 6.64. The molecule has 1 aromatic heterocycles. The van der Waals surface area contributed by atoms with E-state index < -0.39 is 30.2 Å². The Balaban J connectivity index is 1.25. The normalized spacial score (nSPS) is 15.3. The summed E-state index contributed by atoms with van der Waals surface area (Å²) in [5.41, 5.74) is 1.28. The van der Waals surface area contributed by atoms with E-state index in [0.29, 0.717) is 12.1 Å². The maximum absolute atomic E-state index is 12.4. The molecule has 168 valence electrons. The first-order chi connectivity index (χ1) is 16.0.